The third-order valence-electron chi connectivity index (χ3n) is 3.63. The Balaban J connectivity index is 1.94. The van der Waals surface area contributed by atoms with Gasteiger partial charge in [0.15, 0.2) is 11.5 Å². The third-order valence-corrected chi connectivity index (χ3v) is 3.63. The lowest BCUT2D eigenvalue weighted by Crippen LogP contribution is -1.98. The minimum atomic E-state index is -0.968. The zero-order valence-electron chi connectivity index (χ0n) is 10.1. The molecular weight excluding hydrogens is 230 g/mol. The summed E-state index contributed by atoms with van der Waals surface area (Å²) in [5, 5.41) is 9.09. The SMILES string of the molecule is O=C(O)c1cccc2nc(CC3CCCC3)oc12. The van der Waals surface area contributed by atoms with Gasteiger partial charge in [-0.3, -0.25) is 0 Å². The minimum Gasteiger partial charge on any atom is -0.478 e. The molecule has 0 aliphatic heterocycles. The fraction of sp³-hybridized carbons (Fsp3) is 0.429. The van der Waals surface area contributed by atoms with Crippen LogP contribution in [0.5, 0.6) is 0 Å². The third kappa shape index (κ3) is 1.98. The first kappa shape index (κ1) is 11.3. The number of oxazole rings is 1. The maximum Gasteiger partial charge on any atom is 0.339 e. The van der Waals surface area contributed by atoms with Gasteiger partial charge in [0.25, 0.3) is 0 Å². The van der Waals surface area contributed by atoms with Gasteiger partial charge in [-0.2, -0.15) is 0 Å². The Bertz CT molecular complexity index is 582. The summed E-state index contributed by atoms with van der Waals surface area (Å²) in [7, 11) is 0. The summed E-state index contributed by atoms with van der Waals surface area (Å²) in [6, 6.07) is 5.05. The van der Waals surface area contributed by atoms with Gasteiger partial charge in [-0.1, -0.05) is 18.9 Å². The average Bonchev–Trinajstić information content (AvgIpc) is 2.96. The van der Waals surface area contributed by atoms with E-state index in [0.717, 1.165) is 6.42 Å². The number of benzene rings is 1. The molecule has 1 fully saturated rings. The summed E-state index contributed by atoms with van der Waals surface area (Å²) in [6.45, 7) is 0. The van der Waals surface area contributed by atoms with Gasteiger partial charge in [-0.15, -0.1) is 0 Å². The van der Waals surface area contributed by atoms with Crippen LogP contribution in [-0.4, -0.2) is 16.1 Å². The highest BCUT2D eigenvalue weighted by Gasteiger charge is 2.20. The molecule has 0 atom stereocenters. The maximum atomic E-state index is 11.1. The maximum absolute atomic E-state index is 11.1. The molecule has 0 radical (unpaired) electrons. The van der Waals surface area contributed by atoms with Crippen molar-refractivity contribution in [3.8, 4) is 0 Å². The number of carbonyl (C=O) groups is 1. The molecular formula is C14H15NO3. The van der Waals surface area contributed by atoms with Gasteiger partial charge in [-0.05, 0) is 30.9 Å². The van der Waals surface area contributed by atoms with Crippen molar-refractivity contribution < 1.29 is 14.3 Å². The lowest BCUT2D eigenvalue weighted by Gasteiger charge is -2.03. The quantitative estimate of drug-likeness (QED) is 0.901. The van der Waals surface area contributed by atoms with Crippen molar-refractivity contribution in [2.75, 3.05) is 0 Å². The summed E-state index contributed by atoms with van der Waals surface area (Å²) in [5.41, 5.74) is 1.23. The second-order valence-corrected chi connectivity index (χ2v) is 4.92. The molecule has 1 aromatic heterocycles. The number of aromatic carboxylic acids is 1. The molecule has 1 aliphatic carbocycles. The number of carboxylic acids is 1. The van der Waals surface area contributed by atoms with E-state index in [-0.39, 0.29) is 5.56 Å². The Morgan fingerprint density at radius 1 is 1.39 bits per heavy atom. The van der Waals surface area contributed by atoms with Gasteiger partial charge >= 0.3 is 5.97 Å². The van der Waals surface area contributed by atoms with E-state index >= 15 is 0 Å². The van der Waals surface area contributed by atoms with Gasteiger partial charge in [0.05, 0.1) is 0 Å². The number of fused-ring (bicyclic) bond motifs is 1. The van der Waals surface area contributed by atoms with Crippen LogP contribution in [0, 0.1) is 5.92 Å². The predicted molar refractivity (Wildman–Crippen MR) is 66.6 cm³/mol. The first-order valence-electron chi connectivity index (χ1n) is 6.36. The summed E-state index contributed by atoms with van der Waals surface area (Å²) in [6.07, 6.45) is 5.85. The molecule has 4 nitrogen and oxygen atoms in total. The van der Waals surface area contributed by atoms with Gasteiger partial charge < -0.3 is 9.52 Å². The number of hydrogen-bond acceptors (Lipinski definition) is 3. The van der Waals surface area contributed by atoms with Crippen molar-refractivity contribution in [3.63, 3.8) is 0 Å². The number of aromatic nitrogens is 1. The molecule has 1 N–H and O–H groups in total. The molecule has 1 aromatic carbocycles. The molecule has 0 unspecified atom stereocenters. The van der Waals surface area contributed by atoms with Crippen LogP contribution in [-0.2, 0) is 6.42 Å². The van der Waals surface area contributed by atoms with E-state index in [2.05, 4.69) is 4.98 Å². The van der Waals surface area contributed by atoms with Crippen LogP contribution in [0.4, 0.5) is 0 Å². The predicted octanol–water partition coefficient (Wildman–Crippen LogP) is 3.26. The monoisotopic (exact) mass is 245 g/mol. The Kier molecular flexibility index (Phi) is 2.78. The largest absolute Gasteiger partial charge is 0.478 e. The van der Waals surface area contributed by atoms with Crippen LogP contribution in [0.15, 0.2) is 22.6 Å². The van der Waals surface area contributed by atoms with E-state index in [1.165, 1.54) is 25.7 Å². The number of rotatable bonds is 3. The van der Waals surface area contributed by atoms with Crippen LogP contribution in [0.1, 0.15) is 41.9 Å². The molecule has 1 heterocycles. The summed E-state index contributed by atoms with van der Waals surface area (Å²) >= 11 is 0. The zero-order chi connectivity index (χ0) is 12.5. The topological polar surface area (TPSA) is 63.3 Å². The van der Waals surface area contributed by atoms with E-state index < -0.39 is 5.97 Å². The molecule has 94 valence electrons. The Labute approximate surface area is 105 Å². The van der Waals surface area contributed by atoms with Crippen LogP contribution in [0.3, 0.4) is 0 Å². The molecule has 2 aromatic rings. The fourth-order valence-corrected chi connectivity index (χ4v) is 2.71. The smallest absolute Gasteiger partial charge is 0.339 e. The normalized spacial score (nSPS) is 16.4. The first-order valence-corrected chi connectivity index (χ1v) is 6.36. The molecule has 18 heavy (non-hydrogen) atoms. The van der Waals surface area contributed by atoms with Gasteiger partial charge in [0.2, 0.25) is 0 Å². The van der Waals surface area contributed by atoms with Gasteiger partial charge in [0, 0.05) is 6.42 Å². The highest BCUT2D eigenvalue weighted by molar-refractivity contribution is 5.99. The molecule has 3 rings (SSSR count). The number of hydrogen-bond donors (Lipinski definition) is 1. The van der Waals surface area contributed by atoms with Crippen molar-refractivity contribution in [1.82, 2.24) is 4.98 Å². The zero-order valence-corrected chi connectivity index (χ0v) is 10.1. The van der Waals surface area contributed by atoms with Crippen molar-refractivity contribution >= 4 is 17.1 Å². The van der Waals surface area contributed by atoms with E-state index in [0.29, 0.717) is 22.9 Å². The Morgan fingerprint density at radius 2 is 2.17 bits per heavy atom. The first-order chi connectivity index (χ1) is 8.74. The minimum absolute atomic E-state index is 0.192. The Morgan fingerprint density at radius 3 is 2.89 bits per heavy atom. The van der Waals surface area contributed by atoms with E-state index in [1.807, 2.05) is 0 Å². The number of para-hydroxylation sites is 1. The summed E-state index contributed by atoms with van der Waals surface area (Å²) in [4.78, 5) is 15.5. The molecule has 0 saturated heterocycles. The van der Waals surface area contributed by atoms with Crippen LogP contribution < -0.4 is 0 Å². The van der Waals surface area contributed by atoms with Crippen molar-refractivity contribution in [2.45, 2.75) is 32.1 Å². The highest BCUT2D eigenvalue weighted by atomic mass is 16.4. The summed E-state index contributed by atoms with van der Waals surface area (Å²) < 4.78 is 5.63. The molecule has 1 aliphatic rings. The van der Waals surface area contributed by atoms with Crippen LogP contribution in [0.2, 0.25) is 0 Å². The molecule has 0 amide bonds. The van der Waals surface area contributed by atoms with Gasteiger partial charge in [0.1, 0.15) is 11.1 Å². The molecule has 1 saturated carbocycles. The molecule has 0 spiro atoms. The van der Waals surface area contributed by atoms with E-state index in [4.69, 9.17) is 9.52 Å². The van der Waals surface area contributed by atoms with Gasteiger partial charge in [-0.25, -0.2) is 9.78 Å². The van der Waals surface area contributed by atoms with Crippen molar-refractivity contribution in [1.29, 1.82) is 0 Å². The fourth-order valence-electron chi connectivity index (χ4n) is 2.71. The summed E-state index contributed by atoms with van der Waals surface area (Å²) in [5.74, 6) is 0.348. The van der Waals surface area contributed by atoms with Crippen molar-refractivity contribution in [3.05, 3.63) is 29.7 Å². The standard InChI is InChI=1S/C14H15NO3/c16-14(17)10-6-3-7-11-13(10)18-12(15-11)8-9-4-1-2-5-9/h3,6-7,9H,1-2,4-5,8H2,(H,16,17). The lowest BCUT2D eigenvalue weighted by atomic mass is 10.0. The molecule has 4 heteroatoms. The number of nitrogens with zero attached hydrogens (tertiary/aromatic N) is 1. The second-order valence-electron chi connectivity index (χ2n) is 4.92. The van der Waals surface area contributed by atoms with Crippen LogP contribution in [0.25, 0.3) is 11.1 Å². The van der Waals surface area contributed by atoms with Crippen molar-refractivity contribution in [2.24, 2.45) is 5.92 Å². The Hall–Kier alpha value is -1.84. The lowest BCUT2D eigenvalue weighted by molar-refractivity contribution is 0.0698. The molecule has 0 bridgehead atoms. The van der Waals surface area contributed by atoms with E-state index in [1.54, 1.807) is 18.2 Å². The van der Waals surface area contributed by atoms with Crippen LogP contribution >= 0.6 is 0 Å². The van der Waals surface area contributed by atoms with E-state index in [9.17, 15) is 4.79 Å². The highest BCUT2D eigenvalue weighted by Crippen LogP contribution is 2.29. The number of carboxylic acid groups (broad SMARTS) is 1. The average molecular weight is 245 g/mol. The second kappa shape index (κ2) is 4.44.